The number of hydrogen-bond acceptors (Lipinski definition) is 8. The van der Waals surface area contributed by atoms with E-state index in [1.165, 1.54) is 4.88 Å². The van der Waals surface area contributed by atoms with Crippen LogP contribution < -0.4 is 16.0 Å². The highest BCUT2D eigenvalue weighted by Crippen LogP contribution is 2.41. The molecule has 0 radical (unpaired) electrons. The number of thiophene rings is 1. The average Bonchev–Trinajstić information content (AvgIpc) is 3.76. The van der Waals surface area contributed by atoms with Gasteiger partial charge < -0.3 is 16.0 Å². The van der Waals surface area contributed by atoms with Crippen LogP contribution in [0.1, 0.15) is 70.5 Å². The summed E-state index contributed by atoms with van der Waals surface area (Å²) in [6, 6.07) is 17.5. The molecule has 2 amide bonds. The topological polar surface area (TPSA) is 126 Å². The van der Waals surface area contributed by atoms with Gasteiger partial charge in [-0.15, -0.1) is 21.5 Å². The Labute approximate surface area is 318 Å². The van der Waals surface area contributed by atoms with Crippen LogP contribution in [0.25, 0.3) is 16.1 Å². The van der Waals surface area contributed by atoms with E-state index >= 15 is 0 Å². The lowest BCUT2D eigenvalue weighted by molar-refractivity contribution is -0.121. The van der Waals surface area contributed by atoms with Gasteiger partial charge in [0.15, 0.2) is 5.82 Å². The molecule has 1 fully saturated rings. The van der Waals surface area contributed by atoms with E-state index in [2.05, 4.69) is 84.3 Å². The van der Waals surface area contributed by atoms with Crippen LogP contribution in [-0.2, 0) is 16.0 Å². The number of nitrogens with one attached hydrogen (secondary N) is 3. The van der Waals surface area contributed by atoms with Crippen LogP contribution in [0.15, 0.2) is 65.8 Å². The van der Waals surface area contributed by atoms with Gasteiger partial charge >= 0.3 is 0 Å². The lowest BCUT2D eigenvalue weighted by atomic mass is 9.90. The minimum Gasteiger partial charge on any atom is -0.367 e. The Morgan fingerprint density at radius 2 is 1.76 bits per heavy atom. The van der Waals surface area contributed by atoms with Gasteiger partial charge in [0, 0.05) is 50.6 Å². The molecule has 5 aromatic rings. The smallest absolute Gasteiger partial charge is 0.235 e. The fourth-order valence-corrected chi connectivity index (χ4v) is 9.30. The van der Waals surface area contributed by atoms with E-state index in [0.29, 0.717) is 17.3 Å². The number of fused-ring (bicyclic) bond motifs is 4. The van der Waals surface area contributed by atoms with E-state index in [1.54, 1.807) is 17.5 Å². The molecule has 2 aliphatic heterocycles. The zero-order chi connectivity index (χ0) is 35.4. The molecule has 5 heterocycles. The number of nitrogens with zero attached hydrogens (tertiary/aromatic N) is 5. The second-order valence-corrected chi connectivity index (χ2v) is 16.4. The summed E-state index contributed by atoms with van der Waals surface area (Å²) in [7, 11) is 0. The summed E-state index contributed by atoms with van der Waals surface area (Å²) in [5, 5.41) is 20.7. The number of benzene rings is 2. The number of pyridine rings is 1. The third-order valence-corrected chi connectivity index (χ3v) is 12.8. The molecule has 3 aromatic heterocycles. The molecule has 2 aromatic carbocycles. The van der Waals surface area contributed by atoms with Gasteiger partial charge in [-0.3, -0.25) is 19.1 Å². The fraction of sp³-hybridized carbons (Fsp3) is 0.316. The molecule has 1 saturated carbocycles. The summed E-state index contributed by atoms with van der Waals surface area (Å²) in [4.78, 5) is 37.1. The number of carbonyl (C=O) groups is 2. The molecule has 0 bridgehead atoms. The third-order valence-electron chi connectivity index (χ3n) is 10.1. The zero-order valence-corrected chi connectivity index (χ0v) is 32.1. The van der Waals surface area contributed by atoms with Gasteiger partial charge in [0.1, 0.15) is 26.6 Å². The first-order valence-corrected chi connectivity index (χ1v) is 19.5. The number of amides is 2. The minimum absolute atomic E-state index is 0.0226. The summed E-state index contributed by atoms with van der Waals surface area (Å²) in [5.74, 6) is 2.22. The number of alkyl halides is 1. The first kappa shape index (κ1) is 34.0. The Morgan fingerprint density at radius 1 is 1.02 bits per heavy atom. The van der Waals surface area contributed by atoms with Crippen molar-refractivity contribution in [1.82, 2.24) is 25.1 Å². The molecule has 260 valence electrons. The highest BCUT2D eigenvalue weighted by atomic mass is 127. The van der Waals surface area contributed by atoms with Crippen LogP contribution in [0.4, 0.5) is 11.5 Å². The van der Waals surface area contributed by atoms with E-state index in [-0.39, 0.29) is 23.9 Å². The molecule has 10 nitrogen and oxygen atoms in total. The van der Waals surface area contributed by atoms with Crippen LogP contribution in [0.2, 0.25) is 5.02 Å². The molecular formula is C38H36ClIN8O2S. The highest BCUT2D eigenvalue weighted by molar-refractivity contribution is 14.1. The molecular weight excluding hydrogens is 795 g/mol. The average molecular weight is 831 g/mol. The number of anilines is 2. The predicted octanol–water partition coefficient (Wildman–Crippen LogP) is 7.70. The van der Waals surface area contributed by atoms with Gasteiger partial charge in [-0.05, 0) is 99.5 Å². The normalized spacial score (nSPS) is 20.0. The maximum atomic E-state index is 14.0. The van der Waals surface area contributed by atoms with E-state index in [0.717, 1.165) is 87.1 Å². The van der Waals surface area contributed by atoms with Gasteiger partial charge in [0.2, 0.25) is 11.8 Å². The van der Waals surface area contributed by atoms with Gasteiger partial charge in [-0.2, -0.15) is 0 Å². The number of aromatic nitrogens is 4. The molecule has 3 aliphatic rings. The van der Waals surface area contributed by atoms with Crippen LogP contribution in [-0.4, -0.2) is 53.3 Å². The van der Waals surface area contributed by atoms with Crippen molar-refractivity contribution in [3.05, 3.63) is 105 Å². The third kappa shape index (κ3) is 6.46. The van der Waals surface area contributed by atoms with Crippen molar-refractivity contribution < 1.29 is 9.59 Å². The number of rotatable bonds is 7. The minimum atomic E-state index is -0.550. The molecule has 13 heteroatoms. The SMILES string of the molecule is Cc1sc2c(c1C)C(c1ccc(Cl)cc1)=N[C@@H]([C@@H](I)C(=O)NC1CCC(Nc3ncccc3-c3ccc4c(c3)CC(=O)N4)CC1)c1nnc(C)n1-2. The van der Waals surface area contributed by atoms with Crippen molar-refractivity contribution in [2.45, 2.75) is 74.9 Å². The maximum Gasteiger partial charge on any atom is 0.235 e. The standard InChI is InChI=1S/C38H36ClIN8O2S/c1-19-20(2)51-38-31(19)33(22-6-9-25(39)10-7-22)45-34(36-47-46-21(3)48(36)38)32(40)37(50)43-27-13-11-26(12-14-27)42-35-28(5-4-16-41-35)23-8-15-29-24(17-23)18-30(49)44-29/h4-10,15-17,26-27,32,34H,11-14,18H2,1-3H3,(H,41,42)(H,43,50)(H,44,49)/t26?,27?,32-,34+/m1/s1. The molecule has 51 heavy (non-hydrogen) atoms. The van der Waals surface area contributed by atoms with Crippen LogP contribution in [0, 0.1) is 20.8 Å². The van der Waals surface area contributed by atoms with E-state index in [4.69, 9.17) is 16.6 Å². The van der Waals surface area contributed by atoms with Crippen molar-refractivity contribution >= 4 is 74.6 Å². The van der Waals surface area contributed by atoms with Crippen molar-refractivity contribution in [2.24, 2.45) is 4.99 Å². The highest BCUT2D eigenvalue weighted by Gasteiger charge is 2.38. The van der Waals surface area contributed by atoms with Crippen molar-refractivity contribution in [1.29, 1.82) is 0 Å². The summed E-state index contributed by atoms with van der Waals surface area (Å²) in [5.41, 5.74) is 7.89. The second kappa shape index (κ2) is 13.8. The first-order chi connectivity index (χ1) is 24.6. The van der Waals surface area contributed by atoms with Crippen LogP contribution in [0.3, 0.4) is 0 Å². The summed E-state index contributed by atoms with van der Waals surface area (Å²) < 4.78 is 1.56. The molecule has 8 rings (SSSR count). The predicted molar refractivity (Wildman–Crippen MR) is 211 cm³/mol. The van der Waals surface area contributed by atoms with Crippen molar-refractivity contribution in [3.8, 4) is 16.1 Å². The molecule has 2 atom stereocenters. The number of aliphatic imine (C=N–C) groups is 1. The van der Waals surface area contributed by atoms with E-state index in [1.807, 2.05) is 49.4 Å². The maximum absolute atomic E-state index is 14.0. The fourth-order valence-electron chi connectivity index (χ4n) is 7.30. The van der Waals surface area contributed by atoms with E-state index in [9.17, 15) is 9.59 Å². The monoisotopic (exact) mass is 830 g/mol. The Bertz CT molecular complexity index is 2210. The summed E-state index contributed by atoms with van der Waals surface area (Å²) in [6.07, 6.45) is 5.67. The van der Waals surface area contributed by atoms with Gasteiger partial charge in [0.05, 0.1) is 12.1 Å². The number of hydrogen-bond donors (Lipinski definition) is 3. The largest absolute Gasteiger partial charge is 0.367 e. The molecule has 0 saturated heterocycles. The van der Waals surface area contributed by atoms with Crippen molar-refractivity contribution in [2.75, 3.05) is 10.6 Å². The molecule has 3 N–H and O–H groups in total. The van der Waals surface area contributed by atoms with Gasteiger partial charge in [-0.1, -0.05) is 52.4 Å². The summed E-state index contributed by atoms with van der Waals surface area (Å²) in [6.45, 7) is 6.19. The van der Waals surface area contributed by atoms with E-state index < -0.39 is 9.97 Å². The second-order valence-electron chi connectivity index (χ2n) is 13.4. The van der Waals surface area contributed by atoms with Crippen LogP contribution >= 0.6 is 45.5 Å². The van der Waals surface area contributed by atoms with Gasteiger partial charge in [0.25, 0.3) is 0 Å². The van der Waals surface area contributed by atoms with Gasteiger partial charge in [-0.25, -0.2) is 4.98 Å². The number of halogens is 2. The quantitative estimate of drug-likeness (QED) is 0.114. The Balaban J connectivity index is 0.984. The Kier molecular flexibility index (Phi) is 9.17. The van der Waals surface area contributed by atoms with Crippen molar-refractivity contribution in [3.63, 3.8) is 0 Å². The molecule has 0 unspecified atom stereocenters. The van der Waals surface area contributed by atoms with Crippen LogP contribution in [0.5, 0.6) is 0 Å². The number of carbonyl (C=O) groups excluding carboxylic acids is 2. The number of aryl methyl sites for hydroxylation is 2. The Morgan fingerprint density at radius 3 is 2.55 bits per heavy atom. The lowest BCUT2D eigenvalue weighted by Crippen LogP contribution is -2.44. The first-order valence-electron chi connectivity index (χ1n) is 17.1. The Hall–Kier alpha value is -4.14. The summed E-state index contributed by atoms with van der Waals surface area (Å²) >= 11 is 10.2. The zero-order valence-electron chi connectivity index (χ0n) is 28.3. The lowest BCUT2D eigenvalue weighted by Gasteiger charge is -2.31. The molecule has 0 spiro atoms. The molecule has 1 aliphatic carbocycles.